The molecule has 1 unspecified atom stereocenters. The number of aromatic amines is 1. The minimum Gasteiger partial charge on any atom is -0.496 e. The molecule has 8 N–H and O–H groups in total. The summed E-state index contributed by atoms with van der Waals surface area (Å²) >= 11 is 0. The highest BCUT2D eigenvalue weighted by Gasteiger charge is 2.24. The van der Waals surface area contributed by atoms with Gasteiger partial charge in [0.15, 0.2) is 0 Å². The lowest BCUT2D eigenvalue weighted by Crippen LogP contribution is -2.37. The highest BCUT2D eigenvalue weighted by Crippen LogP contribution is 2.36. The van der Waals surface area contributed by atoms with Crippen molar-refractivity contribution in [3.8, 4) is 5.75 Å². The van der Waals surface area contributed by atoms with E-state index in [1.807, 2.05) is 38.3 Å². The quantitative estimate of drug-likeness (QED) is 0.0396. The van der Waals surface area contributed by atoms with Crippen molar-refractivity contribution < 1.29 is 9.53 Å². The van der Waals surface area contributed by atoms with Crippen molar-refractivity contribution in [1.29, 1.82) is 0 Å². The number of hydrogen-bond acceptors (Lipinski definition) is 9. The van der Waals surface area contributed by atoms with E-state index in [1.54, 1.807) is 19.4 Å². The molecule has 0 bridgehead atoms. The Morgan fingerprint density at radius 3 is 2.42 bits per heavy atom. The molecule has 1 aliphatic rings. The van der Waals surface area contributed by atoms with Gasteiger partial charge < -0.3 is 35.5 Å². The van der Waals surface area contributed by atoms with E-state index in [9.17, 15) is 4.79 Å². The number of nitrogens with zero attached hydrogens (tertiary/aromatic N) is 3. The number of nitrogens with two attached hydrogens (primary N) is 1. The fraction of sp³-hybridized carbons (Fsp3) is 0.362. The molecule has 1 aliphatic heterocycles. The minimum atomic E-state index is -0.269. The third kappa shape index (κ3) is 12.3. The first-order valence-electron chi connectivity index (χ1n) is 20.0. The molecule has 2 aromatic heterocycles. The molecule has 12 nitrogen and oxygen atoms in total. The Hall–Kier alpha value is -5.98. The SMILES string of the molecule is C=C1CCC(n2c(=C)c3cccc(NCC)c3c2=C)C(=C)N1.C=CNC.C=Cc1[nH]ncc1/C(=C\N(C)C)c1cc(CC(C)(C)CC)c(CNCC(=O)NN)c(OC)c1. The van der Waals surface area contributed by atoms with Crippen molar-refractivity contribution in [2.45, 2.75) is 66.0 Å². The maximum absolute atomic E-state index is 11.6. The smallest absolute Gasteiger partial charge is 0.247 e. The predicted octanol–water partition coefficient (Wildman–Crippen LogP) is 6.27. The first-order chi connectivity index (χ1) is 28.1. The number of allylic oxidation sites excluding steroid dienone is 2. The van der Waals surface area contributed by atoms with Crippen LogP contribution >= 0.6 is 0 Å². The summed E-state index contributed by atoms with van der Waals surface area (Å²) in [4.78, 5) is 13.6. The molecular weight excluding hydrogens is 737 g/mol. The van der Waals surface area contributed by atoms with Gasteiger partial charge >= 0.3 is 0 Å². The topological polar surface area (TPSA) is 149 Å². The number of carbonyl (C=O) groups is 1. The number of H-pyrrole nitrogens is 1. The van der Waals surface area contributed by atoms with Crippen molar-refractivity contribution in [1.82, 2.24) is 41.0 Å². The van der Waals surface area contributed by atoms with E-state index in [4.69, 9.17) is 10.6 Å². The predicted molar refractivity (Wildman–Crippen MR) is 250 cm³/mol. The van der Waals surface area contributed by atoms with Gasteiger partial charge in [0, 0.05) is 95.7 Å². The molecule has 0 aliphatic carbocycles. The van der Waals surface area contributed by atoms with Crippen LogP contribution in [0.4, 0.5) is 5.69 Å². The molecule has 1 amide bonds. The summed E-state index contributed by atoms with van der Waals surface area (Å²) in [7, 11) is 7.47. The van der Waals surface area contributed by atoms with Gasteiger partial charge in [-0.3, -0.25) is 15.3 Å². The van der Waals surface area contributed by atoms with Crippen LogP contribution in [-0.2, 0) is 17.8 Å². The number of hydrazine groups is 1. The van der Waals surface area contributed by atoms with Gasteiger partial charge in [0.1, 0.15) is 5.75 Å². The van der Waals surface area contributed by atoms with E-state index in [1.165, 1.54) is 5.56 Å². The van der Waals surface area contributed by atoms with Crippen molar-refractivity contribution in [2.24, 2.45) is 11.3 Å². The average Bonchev–Trinajstić information content (AvgIpc) is 3.79. The lowest BCUT2D eigenvalue weighted by molar-refractivity contribution is -0.120. The molecule has 1 saturated heterocycles. The molecule has 0 radical (unpaired) electrons. The van der Waals surface area contributed by atoms with Crippen LogP contribution in [-0.4, -0.2) is 66.9 Å². The number of nitrogens with one attached hydrogen (secondary N) is 6. The monoisotopic (exact) mass is 805 g/mol. The normalized spacial score (nSPS) is 13.9. The molecule has 12 heteroatoms. The average molecular weight is 805 g/mol. The second-order valence-electron chi connectivity index (χ2n) is 15.4. The molecule has 318 valence electrons. The van der Waals surface area contributed by atoms with Gasteiger partial charge in [0.25, 0.3) is 0 Å². The van der Waals surface area contributed by atoms with E-state index >= 15 is 0 Å². The third-order valence-electron chi connectivity index (χ3n) is 10.3. The highest BCUT2D eigenvalue weighted by atomic mass is 16.5. The van der Waals surface area contributed by atoms with Crippen LogP contribution in [0, 0.1) is 5.41 Å². The number of methoxy groups -OCH3 is 1. The van der Waals surface area contributed by atoms with Crippen LogP contribution in [0.1, 0.15) is 80.9 Å². The molecule has 1 atom stereocenters. The van der Waals surface area contributed by atoms with Gasteiger partial charge in [-0.05, 0) is 67.1 Å². The Bertz CT molecular complexity index is 2230. The number of anilines is 1. The van der Waals surface area contributed by atoms with E-state index in [0.717, 1.165) is 104 Å². The van der Waals surface area contributed by atoms with Gasteiger partial charge in [0.2, 0.25) is 5.91 Å². The number of rotatable bonds is 16. The zero-order valence-electron chi connectivity index (χ0n) is 36.7. The zero-order chi connectivity index (χ0) is 43.9. The van der Waals surface area contributed by atoms with Crippen LogP contribution in [0.2, 0.25) is 0 Å². The molecule has 0 spiro atoms. The van der Waals surface area contributed by atoms with Gasteiger partial charge in [-0.2, -0.15) is 5.10 Å². The minimum absolute atomic E-state index is 0.0976. The van der Waals surface area contributed by atoms with Crippen molar-refractivity contribution in [3.05, 3.63) is 125 Å². The largest absolute Gasteiger partial charge is 0.496 e. The summed E-state index contributed by atoms with van der Waals surface area (Å²) in [5.41, 5.74) is 11.4. The Labute approximate surface area is 351 Å². The summed E-state index contributed by atoms with van der Waals surface area (Å²) in [6.45, 7) is 34.4. The summed E-state index contributed by atoms with van der Waals surface area (Å²) in [5.74, 6) is 5.71. The van der Waals surface area contributed by atoms with E-state index < -0.39 is 0 Å². The fourth-order valence-electron chi connectivity index (χ4n) is 6.99. The van der Waals surface area contributed by atoms with E-state index in [2.05, 4.69) is 139 Å². The van der Waals surface area contributed by atoms with Crippen molar-refractivity contribution in [3.63, 3.8) is 0 Å². The van der Waals surface area contributed by atoms with Crippen LogP contribution in [0.15, 0.2) is 86.6 Å². The Morgan fingerprint density at radius 2 is 1.85 bits per heavy atom. The van der Waals surface area contributed by atoms with Gasteiger partial charge in [-0.15, -0.1) is 0 Å². The van der Waals surface area contributed by atoms with E-state index in [-0.39, 0.29) is 23.9 Å². The van der Waals surface area contributed by atoms with Gasteiger partial charge in [-0.1, -0.05) is 84.9 Å². The number of aromatic nitrogens is 3. The lowest BCUT2D eigenvalue weighted by atomic mass is 9.80. The number of ether oxygens (including phenoxy) is 1. The maximum Gasteiger partial charge on any atom is 0.247 e. The van der Waals surface area contributed by atoms with Crippen molar-refractivity contribution >= 4 is 47.2 Å². The molecule has 59 heavy (non-hydrogen) atoms. The van der Waals surface area contributed by atoms with Crippen LogP contribution in [0.25, 0.3) is 35.6 Å². The molecule has 1 fully saturated rings. The maximum atomic E-state index is 11.6. The Morgan fingerprint density at radius 1 is 1.14 bits per heavy atom. The fourth-order valence-corrected chi connectivity index (χ4v) is 6.99. The summed E-state index contributed by atoms with van der Waals surface area (Å²) in [6.07, 6.45) is 11.1. The van der Waals surface area contributed by atoms with E-state index in [0.29, 0.717) is 6.54 Å². The molecular formula is C47H68N10O2. The molecule has 5 rings (SSSR count). The number of amides is 1. The molecule has 3 heterocycles. The van der Waals surface area contributed by atoms with Gasteiger partial charge in [-0.25, -0.2) is 5.84 Å². The summed E-state index contributed by atoms with van der Waals surface area (Å²) in [5, 5.41) is 24.1. The number of piperidine rings is 1. The summed E-state index contributed by atoms with van der Waals surface area (Å²) < 4.78 is 8.05. The first kappa shape index (κ1) is 47.4. The molecule has 0 saturated carbocycles. The highest BCUT2D eigenvalue weighted by molar-refractivity contribution is 5.94. The van der Waals surface area contributed by atoms with Crippen LogP contribution in [0.5, 0.6) is 5.75 Å². The zero-order valence-corrected chi connectivity index (χ0v) is 36.7. The standard InChI is InChI=1S/C25H38N6O2.C19H23N3.C3H7N/c1-8-22-20(14-28-30-22)21(16-31(5)6)17-10-18(12-25(3,4)9-2)19(23(11-17)33-7)13-27-15-24(32)29-26;1-6-20-17-9-7-8-16-14(4)22(15(5)19(16)17)18-11-10-12(2)21-13(18)3;1-3-4-2/h8,10-11,14,16,27H,1,9,12-13,15,26H2,2-7H3,(H,28,30)(H,29,32);7-9,18,20-21H,2-6,10-11H2,1H3;3-4H,1H2,2H3/b21-16-;;. The van der Waals surface area contributed by atoms with Crippen molar-refractivity contribution in [2.75, 3.05) is 46.7 Å². The number of fused-ring (bicyclic) bond motifs is 1. The van der Waals surface area contributed by atoms with Gasteiger partial charge in [0.05, 0.1) is 31.6 Å². The number of benzene rings is 2. The first-order valence-corrected chi connectivity index (χ1v) is 20.0. The second kappa shape index (κ2) is 22.2. The molecule has 2 aromatic carbocycles. The Kier molecular flexibility index (Phi) is 17.9. The molecule has 4 aromatic rings. The van der Waals surface area contributed by atoms with Crippen LogP contribution in [0.3, 0.4) is 0 Å². The third-order valence-corrected chi connectivity index (χ3v) is 10.3. The van der Waals surface area contributed by atoms with Crippen LogP contribution < -0.4 is 48.0 Å². The summed E-state index contributed by atoms with van der Waals surface area (Å²) in [6, 6.07) is 10.7. The Balaban J connectivity index is 0.000000307. The lowest BCUT2D eigenvalue weighted by Gasteiger charge is -2.29. The second-order valence-corrected chi connectivity index (χ2v) is 15.4. The number of hydrogen-bond donors (Lipinski definition) is 7. The number of carbonyl (C=O) groups excluding carboxylic acids is 1.